The number of likely N-dealkylation sites (N-methyl/N-ethyl adjacent to an activating group) is 1. The molecule has 0 spiro atoms. The van der Waals surface area contributed by atoms with Crippen LogP contribution in [0.2, 0.25) is 0 Å². The second-order valence-electron chi connectivity index (χ2n) is 4.75. The van der Waals surface area contributed by atoms with Crippen LogP contribution in [0.1, 0.15) is 36.2 Å². The summed E-state index contributed by atoms with van der Waals surface area (Å²) >= 11 is 0. The summed E-state index contributed by atoms with van der Waals surface area (Å²) in [6.07, 6.45) is 4.18. The second kappa shape index (κ2) is 9.59. The summed E-state index contributed by atoms with van der Waals surface area (Å²) in [6, 6.07) is 7.32. The normalized spacial score (nSPS) is 9.71. The number of carbonyl (C=O) groups excluding carboxylic acids is 1. The van der Waals surface area contributed by atoms with Crippen LogP contribution in [0, 0.1) is 6.92 Å². The van der Waals surface area contributed by atoms with Crippen LogP contribution in [0.15, 0.2) is 61.0 Å². The molecule has 3 nitrogen and oxygen atoms in total. The Morgan fingerprint density at radius 2 is 1.67 bits per heavy atom. The van der Waals surface area contributed by atoms with Gasteiger partial charge in [-0.15, -0.1) is 0 Å². The van der Waals surface area contributed by atoms with Gasteiger partial charge in [0.15, 0.2) is 0 Å². The zero-order valence-corrected chi connectivity index (χ0v) is 13.4. The standard InChI is InChI=1S/C15H17NO2.C3H8/c1-11-5-9-14(10-6-11)15(18)16(4)12(2)7-8-13(3)17;1-3-2/h5-10,17H,2-3H2,1,4H3;3H2,1-2H3/b8-7-;. The van der Waals surface area contributed by atoms with E-state index in [1.807, 2.05) is 19.1 Å². The van der Waals surface area contributed by atoms with Crippen molar-refractivity contribution >= 4 is 5.91 Å². The Morgan fingerprint density at radius 1 is 1.19 bits per heavy atom. The molecule has 1 aromatic carbocycles. The molecule has 3 heteroatoms. The quantitative estimate of drug-likeness (QED) is 0.648. The number of aliphatic hydroxyl groups is 1. The van der Waals surface area contributed by atoms with Gasteiger partial charge in [0, 0.05) is 18.3 Å². The van der Waals surface area contributed by atoms with Crippen molar-refractivity contribution < 1.29 is 9.90 Å². The number of allylic oxidation sites excluding steroid dienone is 2. The molecule has 1 rings (SSSR count). The molecule has 0 aromatic heterocycles. The van der Waals surface area contributed by atoms with Gasteiger partial charge in [-0.3, -0.25) is 4.79 Å². The largest absolute Gasteiger partial charge is 0.509 e. The summed E-state index contributed by atoms with van der Waals surface area (Å²) in [5.41, 5.74) is 2.18. The first-order valence-electron chi connectivity index (χ1n) is 6.93. The topological polar surface area (TPSA) is 40.5 Å². The van der Waals surface area contributed by atoms with E-state index in [1.165, 1.54) is 23.5 Å². The van der Waals surface area contributed by atoms with E-state index in [4.69, 9.17) is 5.11 Å². The molecule has 0 unspecified atom stereocenters. The Hall–Kier alpha value is -2.29. The van der Waals surface area contributed by atoms with Gasteiger partial charge in [-0.25, -0.2) is 0 Å². The van der Waals surface area contributed by atoms with Crippen molar-refractivity contribution in [1.82, 2.24) is 4.90 Å². The minimum atomic E-state index is -0.145. The molecule has 0 fully saturated rings. The maximum absolute atomic E-state index is 12.1. The molecule has 0 bridgehead atoms. The number of aliphatic hydroxyl groups excluding tert-OH is 1. The van der Waals surface area contributed by atoms with Crippen LogP contribution < -0.4 is 0 Å². The lowest BCUT2D eigenvalue weighted by atomic mass is 10.1. The Balaban J connectivity index is 0.00000122. The van der Waals surface area contributed by atoms with Gasteiger partial charge in [-0.2, -0.15) is 0 Å². The molecule has 21 heavy (non-hydrogen) atoms. The molecule has 1 amide bonds. The zero-order chi connectivity index (χ0) is 16.4. The predicted octanol–water partition coefficient (Wildman–Crippen LogP) is 4.62. The van der Waals surface area contributed by atoms with Gasteiger partial charge in [0.1, 0.15) is 5.76 Å². The second-order valence-corrected chi connectivity index (χ2v) is 4.75. The SMILES string of the molecule is C=C(O)/C=C\C(=C)N(C)C(=O)c1ccc(C)cc1.CCC. The molecule has 0 saturated heterocycles. The Labute approximate surface area is 127 Å². The van der Waals surface area contributed by atoms with Crippen LogP contribution in [0.3, 0.4) is 0 Å². The van der Waals surface area contributed by atoms with Crippen molar-refractivity contribution in [2.45, 2.75) is 27.2 Å². The number of hydrogen-bond donors (Lipinski definition) is 1. The average molecular weight is 287 g/mol. The number of amides is 1. The van der Waals surface area contributed by atoms with Crippen LogP contribution in [0.5, 0.6) is 0 Å². The summed E-state index contributed by atoms with van der Waals surface area (Å²) in [5, 5.41) is 8.94. The van der Waals surface area contributed by atoms with Gasteiger partial charge >= 0.3 is 0 Å². The van der Waals surface area contributed by atoms with Gasteiger partial charge in [-0.05, 0) is 31.2 Å². The molecule has 114 valence electrons. The molecule has 1 N–H and O–H groups in total. The Kier molecular flexibility index (Phi) is 8.54. The van der Waals surface area contributed by atoms with E-state index in [0.29, 0.717) is 11.3 Å². The number of rotatable bonds is 4. The highest BCUT2D eigenvalue weighted by molar-refractivity contribution is 5.95. The molecular formula is C18H25NO2. The highest BCUT2D eigenvalue weighted by atomic mass is 16.3. The average Bonchev–Trinajstić information content (AvgIpc) is 2.44. The summed E-state index contributed by atoms with van der Waals surface area (Å²) in [7, 11) is 1.63. The van der Waals surface area contributed by atoms with Gasteiger partial charge in [0.05, 0.1) is 0 Å². The molecule has 1 aromatic rings. The van der Waals surface area contributed by atoms with Gasteiger partial charge < -0.3 is 10.0 Å². The highest BCUT2D eigenvalue weighted by Gasteiger charge is 2.12. The fourth-order valence-corrected chi connectivity index (χ4v) is 1.32. The lowest BCUT2D eigenvalue weighted by Gasteiger charge is -2.17. The Morgan fingerprint density at radius 3 is 2.10 bits per heavy atom. The smallest absolute Gasteiger partial charge is 0.257 e. The van der Waals surface area contributed by atoms with E-state index in [0.717, 1.165) is 5.56 Å². The summed E-state index contributed by atoms with van der Waals surface area (Å²) in [6.45, 7) is 13.3. The molecule has 0 saturated carbocycles. The number of carbonyl (C=O) groups is 1. The van der Waals surface area contributed by atoms with Crippen molar-refractivity contribution in [2.75, 3.05) is 7.05 Å². The summed E-state index contributed by atoms with van der Waals surface area (Å²) in [4.78, 5) is 13.5. The van der Waals surface area contributed by atoms with Crippen LogP contribution in [-0.2, 0) is 0 Å². The fraction of sp³-hybridized carbons (Fsp3) is 0.278. The third-order valence-corrected chi connectivity index (χ3v) is 2.50. The molecule has 0 aliphatic rings. The van der Waals surface area contributed by atoms with Crippen LogP contribution >= 0.6 is 0 Å². The van der Waals surface area contributed by atoms with Gasteiger partial charge in [0.2, 0.25) is 0 Å². The molecule has 0 aliphatic heterocycles. The maximum atomic E-state index is 12.1. The summed E-state index contributed by atoms with van der Waals surface area (Å²) < 4.78 is 0. The van der Waals surface area contributed by atoms with E-state index in [2.05, 4.69) is 27.0 Å². The van der Waals surface area contributed by atoms with Crippen LogP contribution in [-0.4, -0.2) is 23.0 Å². The fourth-order valence-electron chi connectivity index (χ4n) is 1.32. The van der Waals surface area contributed by atoms with E-state index in [9.17, 15) is 4.79 Å². The monoisotopic (exact) mass is 287 g/mol. The van der Waals surface area contributed by atoms with Crippen molar-refractivity contribution in [3.8, 4) is 0 Å². The number of benzene rings is 1. The lowest BCUT2D eigenvalue weighted by Crippen LogP contribution is -2.24. The first-order chi connectivity index (χ1) is 9.83. The number of nitrogens with zero attached hydrogens (tertiary/aromatic N) is 1. The lowest BCUT2D eigenvalue weighted by molar-refractivity contribution is 0.0841. The van der Waals surface area contributed by atoms with Crippen LogP contribution in [0.25, 0.3) is 0 Å². The first kappa shape index (κ1) is 18.7. The third kappa shape index (κ3) is 7.16. The molecule has 0 heterocycles. The number of hydrogen-bond acceptors (Lipinski definition) is 2. The third-order valence-electron chi connectivity index (χ3n) is 2.50. The highest BCUT2D eigenvalue weighted by Crippen LogP contribution is 2.10. The van der Waals surface area contributed by atoms with E-state index >= 15 is 0 Å². The first-order valence-corrected chi connectivity index (χ1v) is 6.93. The van der Waals surface area contributed by atoms with Crippen molar-refractivity contribution in [3.63, 3.8) is 0 Å². The minimum Gasteiger partial charge on any atom is -0.509 e. The molecule has 0 radical (unpaired) electrons. The Bertz CT molecular complexity index is 513. The van der Waals surface area contributed by atoms with Gasteiger partial charge in [-0.1, -0.05) is 51.1 Å². The van der Waals surface area contributed by atoms with E-state index < -0.39 is 0 Å². The maximum Gasteiger partial charge on any atom is 0.257 e. The van der Waals surface area contributed by atoms with Crippen molar-refractivity contribution in [3.05, 3.63) is 72.2 Å². The predicted molar refractivity (Wildman–Crippen MR) is 89.3 cm³/mol. The van der Waals surface area contributed by atoms with Crippen LogP contribution in [0.4, 0.5) is 0 Å². The molecular weight excluding hydrogens is 262 g/mol. The van der Waals surface area contributed by atoms with Crippen molar-refractivity contribution in [1.29, 1.82) is 0 Å². The molecule has 0 atom stereocenters. The van der Waals surface area contributed by atoms with E-state index in [1.54, 1.807) is 19.2 Å². The zero-order valence-electron chi connectivity index (χ0n) is 13.4. The van der Waals surface area contributed by atoms with Gasteiger partial charge in [0.25, 0.3) is 5.91 Å². The summed E-state index contributed by atoms with van der Waals surface area (Å²) in [5.74, 6) is -0.222. The molecule has 0 aliphatic carbocycles. The minimum absolute atomic E-state index is 0.0765. The number of aryl methyl sites for hydroxylation is 1. The van der Waals surface area contributed by atoms with Crippen molar-refractivity contribution in [2.24, 2.45) is 0 Å². The van der Waals surface area contributed by atoms with E-state index in [-0.39, 0.29) is 11.7 Å².